The number of hydrogen-bond acceptors (Lipinski definition) is 3. The lowest BCUT2D eigenvalue weighted by molar-refractivity contribution is -0.130. The van der Waals surface area contributed by atoms with Crippen molar-refractivity contribution in [3.05, 3.63) is 15.9 Å². The first-order valence-electron chi connectivity index (χ1n) is 6.71. The van der Waals surface area contributed by atoms with E-state index in [1.165, 1.54) is 5.69 Å². The highest BCUT2D eigenvalue weighted by atomic mass is 79.9. The van der Waals surface area contributed by atoms with Crippen LogP contribution in [-0.2, 0) is 24.8 Å². The van der Waals surface area contributed by atoms with E-state index >= 15 is 0 Å². The third-order valence-corrected chi connectivity index (χ3v) is 4.61. The number of halogens is 1. The molecule has 0 saturated carbocycles. The topological polar surface area (TPSA) is 41.4 Å². The molecule has 5 nitrogen and oxygen atoms in total. The molecule has 0 atom stereocenters. The fourth-order valence-corrected chi connectivity index (χ4v) is 3.17. The van der Waals surface area contributed by atoms with Crippen LogP contribution in [0.3, 0.4) is 0 Å². The number of piperazine rings is 1. The molecule has 1 saturated heterocycles. The summed E-state index contributed by atoms with van der Waals surface area (Å²) in [6.45, 7) is 8.15. The zero-order chi connectivity index (χ0) is 14.0. The van der Waals surface area contributed by atoms with Gasteiger partial charge in [0.25, 0.3) is 0 Å². The molecule has 1 aromatic rings. The second-order valence-electron chi connectivity index (χ2n) is 4.97. The Kier molecular flexibility index (Phi) is 4.62. The van der Waals surface area contributed by atoms with Crippen LogP contribution in [0.2, 0.25) is 0 Å². The monoisotopic (exact) mass is 328 g/mol. The minimum absolute atomic E-state index is 0.176. The Bertz CT molecular complexity index is 463. The fourth-order valence-electron chi connectivity index (χ4n) is 2.42. The molecule has 0 unspecified atom stereocenters. The standard InChI is InChI=1S/C13H21BrN4O/c1-4-11-13(14)12(16(3)15-11)9-17-5-7-18(8-6-17)10(2)19/h4-9H2,1-3H3. The normalized spacial score (nSPS) is 16.9. The van der Waals surface area contributed by atoms with Crippen LogP contribution >= 0.6 is 15.9 Å². The van der Waals surface area contributed by atoms with Gasteiger partial charge in [-0.25, -0.2) is 0 Å². The first-order valence-corrected chi connectivity index (χ1v) is 7.50. The highest BCUT2D eigenvalue weighted by molar-refractivity contribution is 9.10. The average molecular weight is 329 g/mol. The van der Waals surface area contributed by atoms with Crippen molar-refractivity contribution in [3.63, 3.8) is 0 Å². The molecular weight excluding hydrogens is 308 g/mol. The molecule has 0 spiro atoms. The second kappa shape index (κ2) is 6.05. The van der Waals surface area contributed by atoms with Crippen molar-refractivity contribution in [2.45, 2.75) is 26.8 Å². The molecule has 6 heteroatoms. The van der Waals surface area contributed by atoms with Crippen molar-refractivity contribution in [1.29, 1.82) is 0 Å². The molecule has 1 aromatic heterocycles. The Morgan fingerprint density at radius 3 is 2.42 bits per heavy atom. The highest BCUT2D eigenvalue weighted by Crippen LogP contribution is 2.23. The molecule has 0 aromatic carbocycles. The van der Waals surface area contributed by atoms with E-state index in [2.05, 4.69) is 32.9 Å². The van der Waals surface area contributed by atoms with Crippen molar-refractivity contribution in [3.8, 4) is 0 Å². The summed E-state index contributed by atoms with van der Waals surface area (Å²) in [4.78, 5) is 15.6. The van der Waals surface area contributed by atoms with E-state index in [0.717, 1.165) is 49.3 Å². The van der Waals surface area contributed by atoms with Crippen LogP contribution in [0, 0.1) is 0 Å². The lowest BCUT2D eigenvalue weighted by atomic mass is 10.2. The summed E-state index contributed by atoms with van der Waals surface area (Å²) in [6, 6.07) is 0. The maximum Gasteiger partial charge on any atom is 0.219 e. The molecule has 0 bridgehead atoms. The van der Waals surface area contributed by atoms with Gasteiger partial charge in [-0.15, -0.1) is 0 Å². The minimum atomic E-state index is 0.176. The quantitative estimate of drug-likeness (QED) is 0.842. The van der Waals surface area contributed by atoms with Gasteiger partial charge < -0.3 is 4.90 Å². The second-order valence-corrected chi connectivity index (χ2v) is 5.76. The predicted molar refractivity (Wildman–Crippen MR) is 77.8 cm³/mol. The maximum atomic E-state index is 11.3. The zero-order valence-corrected chi connectivity index (χ0v) is 13.4. The van der Waals surface area contributed by atoms with Crippen molar-refractivity contribution in [2.75, 3.05) is 26.2 Å². The third-order valence-electron chi connectivity index (χ3n) is 3.69. The largest absolute Gasteiger partial charge is 0.340 e. The number of aromatic nitrogens is 2. The number of hydrogen-bond donors (Lipinski definition) is 0. The molecule has 1 aliphatic rings. The summed E-state index contributed by atoms with van der Waals surface area (Å²) in [6.07, 6.45) is 0.937. The Balaban J connectivity index is 1.99. The van der Waals surface area contributed by atoms with Gasteiger partial charge in [0, 0.05) is 46.7 Å². The van der Waals surface area contributed by atoms with Crippen LogP contribution in [0.25, 0.3) is 0 Å². The summed E-state index contributed by atoms with van der Waals surface area (Å²) in [5.41, 5.74) is 2.33. The fraction of sp³-hybridized carbons (Fsp3) is 0.692. The van der Waals surface area contributed by atoms with Gasteiger partial charge in [-0.05, 0) is 22.4 Å². The zero-order valence-electron chi connectivity index (χ0n) is 11.8. The van der Waals surface area contributed by atoms with Gasteiger partial charge in [-0.2, -0.15) is 5.10 Å². The van der Waals surface area contributed by atoms with E-state index < -0.39 is 0 Å². The Hall–Kier alpha value is -0.880. The number of amides is 1. The van der Waals surface area contributed by atoms with Crippen LogP contribution in [0.5, 0.6) is 0 Å². The molecule has 0 N–H and O–H groups in total. The third kappa shape index (κ3) is 3.17. The molecule has 0 aliphatic carbocycles. The molecule has 2 rings (SSSR count). The number of carbonyl (C=O) groups excluding carboxylic acids is 1. The van der Waals surface area contributed by atoms with Crippen LogP contribution in [0.4, 0.5) is 0 Å². The van der Waals surface area contributed by atoms with Crippen LogP contribution in [0.15, 0.2) is 4.47 Å². The Morgan fingerprint density at radius 1 is 1.32 bits per heavy atom. The summed E-state index contributed by atoms with van der Waals surface area (Å²) in [5, 5.41) is 4.52. The number of nitrogens with zero attached hydrogens (tertiary/aromatic N) is 4. The lowest BCUT2D eigenvalue weighted by Gasteiger charge is -2.34. The van der Waals surface area contributed by atoms with Crippen LogP contribution in [-0.4, -0.2) is 51.7 Å². The summed E-state index contributed by atoms with van der Waals surface area (Å²) in [5.74, 6) is 0.176. The van der Waals surface area contributed by atoms with E-state index in [9.17, 15) is 4.79 Å². The maximum absolute atomic E-state index is 11.3. The molecule has 1 amide bonds. The van der Waals surface area contributed by atoms with Crippen molar-refractivity contribution >= 4 is 21.8 Å². The van der Waals surface area contributed by atoms with Gasteiger partial charge >= 0.3 is 0 Å². The van der Waals surface area contributed by atoms with Gasteiger partial charge in [-0.3, -0.25) is 14.4 Å². The van der Waals surface area contributed by atoms with Crippen molar-refractivity contribution < 1.29 is 4.79 Å². The van der Waals surface area contributed by atoms with E-state index in [1.54, 1.807) is 6.92 Å². The molecule has 0 radical (unpaired) electrons. The molecule has 1 fully saturated rings. The molecule has 1 aliphatic heterocycles. The van der Waals surface area contributed by atoms with Crippen molar-refractivity contribution in [2.24, 2.45) is 7.05 Å². The number of carbonyl (C=O) groups is 1. The van der Waals surface area contributed by atoms with Gasteiger partial charge in [0.2, 0.25) is 5.91 Å². The molecular formula is C13H21BrN4O. The van der Waals surface area contributed by atoms with Gasteiger partial charge in [0.1, 0.15) is 0 Å². The lowest BCUT2D eigenvalue weighted by Crippen LogP contribution is -2.47. The Labute approximate surface area is 122 Å². The van der Waals surface area contributed by atoms with Gasteiger partial charge in [0.15, 0.2) is 0 Å². The number of rotatable bonds is 3. The smallest absolute Gasteiger partial charge is 0.219 e. The van der Waals surface area contributed by atoms with E-state index in [-0.39, 0.29) is 5.91 Å². The summed E-state index contributed by atoms with van der Waals surface area (Å²) < 4.78 is 3.09. The van der Waals surface area contributed by atoms with Crippen LogP contribution in [0.1, 0.15) is 25.2 Å². The first-order chi connectivity index (χ1) is 9.02. The summed E-state index contributed by atoms with van der Waals surface area (Å²) in [7, 11) is 1.99. The first kappa shape index (κ1) is 14.5. The van der Waals surface area contributed by atoms with E-state index in [4.69, 9.17) is 0 Å². The number of aryl methyl sites for hydroxylation is 2. The minimum Gasteiger partial charge on any atom is -0.340 e. The van der Waals surface area contributed by atoms with Crippen molar-refractivity contribution in [1.82, 2.24) is 19.6 Å². The van der Waals surface area contributed by atoms with E-state index in [1.807, 2.05) is 16.6 Å². The Morgan fingerprint density at radius 2 is 1.95 bits per heavy atom. The predicted octanol–water partition coefficient (Wildman–Crippen LogP) is 1.41. The van der Waals surface area contributed by atoms with Gasteiger partial charge in [-0.1, -0.05) is 6.92 Å². The SMILES string of the molecule is CCc1nn(C)c(CN2CCN(C(C)=O)CC2)c1Br. The highest BCUT2D eigenvalue weighted by Gasteiger charge is 2.21. The molecule has 106 valence electrons. The summed E-state index contributed by atoms with van der Waals surface area (Å²) >= 11 is 3.65. The molecule has 2 heterocycles. The molecule has 19 heavy (non-hydrogen) atoms. The van der Waals surface area contributed by atoms with Crippen LogP contribution < -0.4 is 0 Å². The van der Waals surface area contributed by atoms with E-state index in [0.29, 0.717) is 0 Å². The average Bonchev–Trinajstić information content (AvgIpc) is 2.67. The van der Waals surface area contributed by atoms with Gasteiger partial charge in [0.05, 0.1) is 15.9 Å².